The van der Waals surface area contributed by atoms with Gasteiger partial charge in [0.25, 0.3) is 0 Å². The normalized spacial score (nSPS) is 17.9. The van der Waals surface area contributed by atoms with Gasteiger partial charge in [-0.3, -0.25) is 0 Å². The molecule has 4 rings (SSSR count). The molecule has 0 bridgehead atoms. The summed E-state index contributed by atoms with van der Waals surface area (Å²) in [4.78, 5) is 0. The Balaban J connectivity index is 1.41. The first-order valence-corrected chi connectivity index (χ1v) is 12.2. The van der Waals surface area contributed by atoms with Crippen molar-refractivity contribution in [2.24, 2.45) is 5.92 Å². The number of hydrogen-bond donors (Lipinski definition) is 0. The Labute approximate surface area is 207 Å². The van der Waals surface area contributed by atoms with Gasteiger partial charge in [-0.1, -0.05) is 24.3 Å². The average Bonchev–Trinajstić information content (AvgIpc) is 2.87. The molecule has 0 amide bonds. The van der Waals surface area contributed by atoms with Gasteiger partial charge < -0.3 is 4.74 Å². The molecule has 0 atom stereocenters. The van der Waals surface area contributed by atoms with Gasteiger partial charge in [-0.2, -0.15) is 4.39 Å². The van der Waals surface area contributed by atoms with E-state index in [1.165, 1.54) is 31.2 Å². The van der Waals surface area contributed by atoms with Gasteiger partial charge in [-0.05, 0) is 93.0 Å². The molecular formula is C29H28F6O. The maximum atomic E-state index is 14.8. The molecule has 0 unspecified atom stereocenters. The van der Waals surface area contributed by atoms with E-state index in [4.69, 9.17) is 4.74 Å². The topological polar surface area (TPSA) is 9.23 Å². The van der Waals surface area contributed by atoms with Gasteiger partial charge in [0.05, 0.1) is 6.61 Å². The summed E-state index contributed by atoms with van der Waals surface area (Å²) in [7, 11) is 0. The number of rotatable bonds is 7. The second-order valence-electron chi connectivity index (χ2n) is 9.43. The van der Waals surface area contributed by atoms with Crippen LogP contribution in [-0.4, -0.2) is 6.61 Å². The molecular weight excluding hydrogens is 478 g/mol. The third-order valence-corrected chi connectivity index (χ3v) is 7.21. The third-order valence-electron chi connectivity index (χ3n) is 7.21. The van der Waals surface area contributed by atoms with E-state index in [1.54, 1.807) is 19.1 Å². The number of benzene rings is 3. The van der Waals surface area contributed by atoms with Crippen LogP contribution in [0.5, 0.6) is 5.75 Å². The van der Waals surface area contributed by atoms with E-state index in [1.807, 2.05) is 0 Å². The predicted octanol–water partition coefficient (Wildman–Crippen LogP) is 8.80. The van der Waals surface area contributed by atoms with Crippen LogP contribution < -0.4 is 4.74 Å². The van der Waals surface area contributed by atoms with Gasteiger partial charge in [-0.25, -0.2) is 22.0 Å². The summed E-state index contributed by atoms with van der Waals surface area (Å²) in [5.41, 5.74) is 0.108. The van der Waals surface area contributed by atoms with Crippen LogP contribution in [-0.2, 0) is 6.42 Å². The Morgan fingerprint density at radius 2 is 1.33 bits per heavy atom. The van der Waals surface area contributed by atoms with Crippen molar-refractivity contribution in [3.8, 4) is 16.9 Å². The number of aryl methyl sites for hydroxylation is 2. The van der Waals surface area contributed by atoms with E-state index in [9.17, 15) is 26.3 Å². The first kappa shape index (κ1) is 26.1. The Morgan fingerprint density at radius 3 is 2.00 bits per heavy atom. The Morgan fingerprint density at radius 1 is 0.694 bits per heavy atom. The largest absolute Gasteiger partial charge is 0.491 e. The van der Waals surface area contributed by atoms with Gasteiger partial charge in [-0.15, -0.1) is 0 Å². The summed E-state index contributed by atoms with van der Waals surface area (Å²) in [6, 6.07) is 8.26. The highest BCUT2D eigenvalue weighted by atomic mass is 19.2. The lowest BCUT2D eigenvalue weighted by Gasteiger charge is -2.29. The minimum absolute atomic E-state index is 0.0609. The zero-order chi connectivity index (χ0) is 26.0. The zero-order valence-electron chi connectivity index (χ0n) is 20.2. The van der Waals surface area contributed by atoms with Crippen LogP contribution in [0.3, 0.4) is 0 Å². The highest BCUT2D eigenvalue weighted by Gasteiger charge is 2.27. The van der Waals surface area contributed by atoms with Gasteiger partial charge in [0, 0.05) is 11.1 Å². The smallest absolute Gasteiger partial charge is 0.201 e. The predicted molar refractivity (Wildman–Crippen MR) is 127 cm³/mol. The van der Waals surface area contributed by atoms with Crippen molar-refractivity contribution >= 4 is 0 Å². The van der Waals surface area contributed by atoms with Gasteiger partial charge in [0.15, 0.2) is 34.8 Å². The average molecular weight is 507 g/mol. The van der Waals surface area contributed by atoms with Gasteiger partial charge in [0.1, 0.15) is 0 Å². The van der Waals surface area contributed by atoms with Crippen LogP contribution >= 0.6 is 0 Å². The van der Waals surface area contributed by atoms with Gasteiger partial charge >= 0.3 is 0 Å². The van der Waals surface area contributed by atoms with Gasteiger partial charge in [0.2, 0.25) is 5.82 Å². The standard InChI is InChI=1S/C29H28F6O/c1-3-36-23-15-14-22(28(34)29(23)35)21-13-11-19(25(31)27(21)33)10-7-17-5-8-18(9-6-17)20-12-4-16(2)24(30)26(20)32/h4,11-15,17-18H,3,5-10H2,1-2H3. The van der Waals surface area contributed by atoms with E-state index >= 15 is 0 Å². The molecule has 1 fully saturated rings. The minimum Gasteiger partial charge on any atom is -0.491 e. The first-order valence-electron chi connectivity index (χ1n) is 12.2. The molecule has 1 nitrogen and oxygen atoms in total. The Bertz CT molecular complexity index is 1250. The van der Waals surface area contributed by atoms with Crippen LogP contribution in [0.2, 0.25) is 0 Å². The van der Waals surface area contributed by atoms with E-state index in [-0.39, 0.29) is 52.9 Å². The lowest BCUT2D eigenvalue weighted by atomic mass is 9.76. The minimum atomic E-state index is -1.30. The van der Waals surface area contributed by atoms with Crippen molar-refractivity contribution in [2.75, 3.05) is 6.61 Å². The molecule has 192 valence electrons. The van der Waals surface area contributed by atoms with Crippen LogP contribution in [0.1, 0.15) is 61.6 Å². The van der Waals surface area contributed by atoms with E-state index in [0.29, 0.717) is 24.8 Å². The molecule has 0 aliphatic heterocycles. The summed E-state index contributed by atoms with van der Waals surface area (Å²) in [5, 5.41) is 0. The third kappa shape index (κ3) is 5.11. The molecule has 0 spiro atoms. The fourth-order valence-corrected chi connectivity index (χ4v) is 5.10. The molecule has 0 N–H and O–H groups in total. The van der Waals surface area contributed by atoms with Crippen molar-refractivity contribution in [2.45, 2.75) is 58.3 Å². The van der Waals surface area contributed by atoms with E-state index < -0.39 is 34.9 Å². The van der Waals surface area contributed by atoms with Crippen molar-refractivity contribution in [3.05, 3.63) is 88.0 Å². The second kappa shape index (κ2) is 11.0. The molecule has 7 heteroatoms. The van der Waals surface area contributed by atoms with Crippen LogP contribution in [0, 0.1) is 47.7 Å². The summed E-state index contributed by atoms with van der Waals surface area (Å²) >= 11 is 0. The number of ether oxygens (including phenoxy) is 1. The molecule has 1 aliphatic rings. The lowest BCUT2D eigenvalue weighted by molar-refractivity contribution is 0.303. The summed E-state index contributed by atoms with van der Waals surface area (Å²) in [6.45, 7) is 3.28. The molecule has 0 aromatic heterocycles. The highest BCUT2D eigenvalue weighted by molar-refractivity contribution is 5.66. The summed E-state index contributed by atoms with van der Waals surface area (Å²) < 4.78 is 91.7. The Hall–Kier alpha value is -2.96. The number of halogens is 6. The quantitative estimate of drug-likeness (QED) is 0.291. The highest BCUT2D eigenvalue weighted by Crippen LogP contribution is 2.40. The molecule has 3 aromatic carbocycles. The summed E-state index contributed by atoms with van der Waals surface area (Å²) in [5.74, 6) is -6.53. The van der Waals surface area contributed by atoms with Crippen LogP contribution in [0.4, 0.5) is 26.3 Å². The van der Waals surface area contributed by atoms with Crippen molar-refractivity contribution in [1.82, 2.24) is 0 Å². The molecule has 36 heavy (non-hydrogen) atoms. The molecule has 1 saturated carbocycles. The maximum absolute atomic E-state index is 14.8. The monoisotopic (exact) mass is 506 g/mol. The Kier molecular flexibility index (Phi) is 7.96. The van der Waals surface area contributed by atoms with Crippen molar-refractivity contribution < 1.29 is 31.1 Å². The zero-order valence-corrected chi connectivity index (χ0v) is 20.2. The molecule has 0 saturated heterocycles. The van der Waals surface area contributed by atoms with Crippen LogP contribution in [0.15, 0.2) is 36.4 Å². The van der Waals surface area contributed by atoms with Crippen LogP contribution in [0.25, 0.3) is 11.1 Å². The van der Waals surface area contributed by atoms with Crippen molar-refractivity contribution in [3.63, 3.8) is 0 Å². The molecule has 0 radical (unpaired) electrons. The fraction of sp³-hybridized carbons (Fsp3) is 0.379. The molecule has 3 aromatic rings. The maximum Gasteiger partial charge on any atom is 0.201 e. The SMILES string of the molecule is CCOc1ccc(-c2ccc(CCC3CCC(c4ccc(C)c(F)c4F)CC3)c(F)c2F)c(F)c1F. The van der Waals surface area contributed by atoms with Crippen molar-refractivity contribution in [1.29, 1.82) is 0 Å². The first-order chi connectivity index (χ1) is 17.2. The van der Waals surface area contributed by atoms with E-state index in [0.717, 1.165) is 12.8 Å². The molecule has 1 aliphatic carbocycles. The second-order valence-corrected chi connectivity index (χ2v) is 9.43. The number of hydrogen-bond acceptors (Lipinski definition) is 1. The van der Waals surface area contributed by atoms with E-state index in [2.05, 4.69) is 0 Å². The molecule has 0 heterocycles. The summed E-state index contributed by atoms with van der Waals surface area (Å²) in [6.07, 6.45) is 3.84. The fourth-order valence-electron chi connectivity index (χ4n) is 5.10. The lowest BCUT2D eigenvalue weighted by Crippen LogP contribution is -2.16.